The quantitative estimate of drug-likeness (QED) is 0.845. The second kappa shape index (κ2) is 4.05. The molecule has 1 aromatic heterocycles. The number of nitrogens with one attached hydrogen (secondary N) is 1. The number of fused-ring (bicyclic) bond motifs is 1. The van der Waals surface area contributed by atoms with Gasteiger partial charge in [0.2, 0.25) is 5.91 Å². The molecule has 1 amide bonds. The summed E-state index contributed by atoms with van der Waals surface area (Å²) in [5.41, 5.74) is 4.83. The lowest BCUT2D eigenvalue weighted by molar-refractivity contribution is -0.120. The third-order valence-electron chi connectivity index (χ3n) is 3.42. The average molecular weight is 255 g/mol. The van der Waals surface area contributed by atoms with Gasteiger partial charge in [-0.3, -0.25) is 14.2 Å². The number of carbonyl (C=O) groups is 2. The predicted octanol–water partition coefficient (Wildman–Crippen LogP) is 1.89. The van der Waals surface area contributed by atoms with Crippen molar-refractivity contribution in [3.05, 3.63) is 36.0 Å². The highest BCUT2D eigenvalue weighted by Gasteiger charge is 2.31. The van der Waals surface area contributed by atoms with Crippen LogP contribution in [0.5, 0.6) is 0 Å². The molecule has 19 heavy (non-hydrogen) atoms. The van der Waals surface area contributed by atoms with E-state index >= 15 is 0 Å². The van der Waals surface area contributed by atoms with E-state index in [2.05, 4.69) is 10.5 Å². The molecular formula is C14H13N3O2. The molecule has 0 bridgehead atoms. The molecule has 96 valence electrons. The van der Waals surface area contributed by atoms with Gasteiger partial charge in [-0.25, -0.2) is 5.43 Å². The van der Waals surface area contributed by atoms with Crippen molar-refractivity contribution in [3.63, 3.8) is 0 Å². The molecule has 5 heteroatoms. The molecule has 2 heterocycles. The Bertz CT molecular complexity index is 727. The third kappa shape index (κ3) is 1.66. The number of carbonyl (C=O) groups excluding carboxylic acids is 2. The van der Waals surface area contributed by atoms with Crippen molar-refractivity contribution in [2.45, 2.75) is 19.8 Å². The molecule has 0 fully saturated rings. The summed E-state index contributed by atoms with van der Waals surface area (Å²) in [5, 5.41) is 4.87. The molecule has 1 aromatic carbocycles. The molecule has 3 rings (SSSR count). The number of hydrogen-bond acceptors (Lipinski definition) is 3. The first-order valence-corrected chi connectivity index (χ1v) is 6.04. The Balaban J connectivity index is 2.27. The lowest BCUT2D eigenvalue weighted by atomic mass is 9.95. The van der Waals surface area contributed by atoms with Crippen LogP contribution in [0.1, 0.15) is 30.1 Å². The van der Waals surface area contributed by atoms with Crippen LogP contribution >= 0.6 is 0 Å². The molecule has 1 unspecified atom stereocenters. The van der Waals surface area contributed by atoms with E-state index in [1.165, 1.54) is 6.92 Å². The largest absolute Gasteiger partial charge is 0.287 e. The summed E-state index contributed by atoms with van der Waals surface area (Å²) in [7, 11) is 0. The number of amides is 1. The molecule has 0 radical (unpaired) electrons. The summed E-state index contributed by atoms with van der Waals surface area (Å²) in [6, 6.07) is 7.57. The lowest BCUT2D eigenvalue weighted by Gasteiger charge is -2.05. The topological polar surface area (TPSA) is 63.5 Å². The van der Waals surface area contributed by atoms with Crippen LogP contribution in [0.4, 0.5) is 0 Å². The number of rotatable bonds is 1. The number of aromatic nitrogens is 1. The molecule has 1 aliphatic heterocycles. The van der Waals surface area contributed by atoms with E-state index in [4.69, 9.17) is 0 Å². The first-order valence-electron chi connectivity index (χ1n) is 6.04. The van der Waals surface area contributed by atoms with Crippen LogP contribution in [0.15, 0.2) is 35.6 Å². The fourth-order valence-electron chi connectivity index (χ4n) is 2.52. The van der Waals surface area contributed by atoms with Crippen LogP contribution in [-0.4, -0.2) is 22.1 Å². The summed E-state index contributed by atoms with van der Waals surface area (Å²) >= 11 is 0. The van der Waals surface area contributed by atoms with Gasteiger partial charge in [0.1, 0.15) is 5.92 Å². The Morgan fingerprint density at radius 2 is 2.11 bits per heavy atom. The van der Waals surface area contributed by atoms with Crippen LogP contribution in [-0.2, 0) is 4.79 Å². The van der Waals surface area contributed by atoms with Crippen molar-refractivity contribution < 1.29 is 9.59 Å². The fourth-order valence-corrected chi connectivity index (χ4v) is 2.52. The van der Waals surface area contributed by atoms with Crippen LogP contribution in [0.3, 0.4) is 0 Å². The maximum atomic E-state index is 11.9. The number of para-hydroxylation sites is 1. The van der Waals surface area contributed by atoms with Crippen LogP contribution in [0, 0.1) is 0 Å². The third-order valence-corrected chi connectivity index (χ3v) is 3.42. The summed E-state index contributed by atoms with van der Waals surface area (Å²) in [6.07, 6.45) is 1.74. The van der Waals surface area contributed by atoms with Gasteiger partial charge in [0.15, 0.2) is 0 Å². The van der Waals surface area contributed by atoms with Gasteiger partial charge in [0.05, 0.1) is 11.2 Å². The molecule has 1 N–H and O–H groups in total. The van der Waals surface area contributed by atoms with Gasteiger partial charge >= 0.3 is 0 Å². The fraction of sp³-hybridized carbons (Fsp3) is 0.214. The monoisotopic (exact) mass is 255 g/mol. The first-order chi connectivity index (χ1) is 9.09. The smallest absolute Gasteiger partial charge is 0.253 e. The molecule has 1 atom stereocenters. The van der Waals surface area contributed by atoms with Gasteiger partial charge < -0.3 is 0 Å². The molecule has 0 aliphatic carbocycles. The molecule has 1 aliphatic rings. The minimum Gasteiger partial charge on any atom is -0.287 e. The van der Waals surface area contributed by atoms with E-state index in [9.17, 15) is 9.59 Å². The molecule has 0 saturated heterocycles. The van der Waals surface area contributed by atoms with Gasteiger partial charge in [-0.1, -0.05) is 18.2 Å². The van der Waals surface area contributed by atoms with Crippen LogP contribution < -0.4 is 5.43 Å². The Hall–Kier alpha value is -2.43. The van der Waals surface area contributed by atoms with Gasteiger partial charge in [-0.15, -0.1) is 0 Å². The SMILES string of the molecule is CC(=O)n1cc(C2C(=O)NN=C2C)c2ccccc21. The van der Waals surface area contributed by atoms with Crippen LogP contribution in [0.25, 0.3) is 10.9 Å². The van der Waals surface area contributed by atoms with Gasteiger partial charge in [0, 0.05) is 18.5 Å². The van der Waals surface area contributed by atoms with Crippen molar-refractivity contribution in [2.24, 2.45) is 5.10 Å². The van der Waals surface area contributed by atoms with E-state index in [0.29, 0.717) is 0 Å². The highest BCUT2D eigenvalue weighted by Crippen LogP contribution is 2.30. The van der Waals surface area contributed by atoms with E-state index in [0.717, 1.165) is 22.2 Å². The Morgan fingerprint density at radius 1 is 1.37 bits per heavy atom. The number of hydrogen-bond donors (Lipinski definition) is 1. The van der Waals surface area contributed by atoms with E-state index < -0.39 is 5.92 Å². The zero-order chi connectivity index (χ0) is 13.6. The summed E-state index contributed by atoms with van der Waals surface area (Å²) in [4.78, 5) is 23.6. The summed E-state index contributed by atoms with van der Waals surface area (Å²) in [6.45, 7) is 3.31. The lowest BCUT2D eigenvalue weighted by Crippen LogP contribution is -2.20. The molecular weight excluding hydrogens is 242 g/mol. The molecule has 5 nitrogen and oxygen atoms in total. The van der Waals surface area contributed by atoms with Crippen molar-refractivity contribution in [2.75, 3.05) is 0 Å². The summed E-state index contributed by atoms with van der Waals surface area (Å²) in [5.74, 6) is -0.634. The Kier molecular flexibility index (Phi) is 2.48. The minimum absolute atomic E-state index is 0.0737. The highest BCUT2D eigenvalue weighted by molar-refractivity contribution is 6.14. The van der Waals surface area contributed by atoms with E-state index in [1.54, 1.807) is 10.8 Å². The Morgan fingerprint density at radius 3 is 2.74 bits per heavy atom. The van der Waals surface area contributed by atoms with Gasteiger partial charge in [0.25, 0.3) is 5.91 Å². The van der Waals surface area contributed by atoms with Gasteiger partial charge in [-0.05, 0) is 18.6 Å². The highest BCUT2D eigenvalue weighted by atomic mass is 16.2. The first kappa shape index (κ1) is 11.6. The molecule has 0 spiro atoms. The predicted molar refractivity (Wildman–Crippen MR) is 72.2 cm³/mol. The van der Waals surface area contributed by atoms with E-state index in [-0.39, 0.29) is 11.8 Å². The molecule has 0 saturated carbocycles. The standard InChI is InChI=1S/C14H13N3O2/c1-8-13(14(19)16-15-8)11-7-17(9(2)18)12-6-4-3-5-10(11)12/h3-7,13H,1-2H3,(H,16,19). The second-order valence-electron chi connectivity index (χ2n) is 4.65. The zero-order valence-corrected chi connectivity index (χ0v) is 10.7. The normalized spacial score (nSPS) is 18.5. The van der Waals surface area contributed by atoms with E-state index in [1.807, 2.05) is 31.2 Å². The van der Waals surface area contributed by atoms with Crippen molar-refractivity contribution >= 4 is 28.4 Å². The van der Waals surface area contributed by atoms with Crippen LogP contribution in [0.2, 0.25) is 0 Å². The molecule has 2 aromatic rings. The maximum absolute atomic E-state index is 11.9. The number of benzene rings is 1. The van der Waals surface area contributed by atoms with Crippen molar-refractivity contribution in [1.29, 1.82) is 0 Å². The zero-order valence-electron chi connectivity index (χ0n) is 10.7. The number of hydrazone groups is 1. The maximum Gasteiger partial charge on any atom is 0.253 e. The minimum atomic E-state index is -0.412. The van der Waals surface area contributed by atoms with Gasteiger partial charge in [-0.2, -0.15) is 5.10 Å². The Labute approximate surface area is 109 Å². The average Bonchev–Trinajstić information content (AvgIpc) is 2.91. The summed E-state index contributed by atoms with van der Waals surface area (Å²) < 4.78 is 1.57. The second-order valence-corrected chi connectivity index (χ2v) is 4.65. The van der Waals surface area contributed by atoms with Crippen molar-refractivity contribution in [3.8, 4) is 0 Å². The van der Waals surface area contributed by atoms with Crippen molar-refractivity contribution in [1.82, 2.24) is 9.99 Å². The number of nitrogens with zero attached hydrogens (tertiary/aromatic N) is 2.